The van der Waals surface area contributed by atoms with Crippen molar-refractivity contribution in [1.29, 1.82) is 0 Å². The highest BCUT2D eigenvalue weighted by Crippen LogP contribution is 2.30. The Morgan fingerprint density at radius 1 is 1.05 bits per heavy atom. The van der Waals surface area contributed by atoms with Gasteiger partial charge >= 0.3 is 0 Å². The number of thiophene rings is 1. The van der Waals surface area contributed by atoms with Gasteiger partial charge in [0.15, 0.2) is 0 Å². The Hall–Kier alpha value is -1.71. The molecule has 0 aliphatic carbocycles. The summed E-state index contributed by atoms with van der Waals surface area (Å²) >= 11 is 1.86. The van der Waals surface area contributed by atoms with Gasteiger partial charge in [0.2, 0.25) is 0 Å². The number of benzene rings is 1. The Bertz CT molecular complexity index is 657. The summed E-state index contributed by atoms with van der Waals surface area (Å²) < 4.78 is 1.35. The third kappa shape index (κ3) is 2.74. The van der Waals surface area contributed by atoms with Gasteiger partial charge in [-0.2, -0.15) is 0 Å². The summed E-state index contributed by atoms with van der Waals surface area (Å²) in [5, 5.41) is 4.97. The third-order valence-corrected chi connectivity index (χ3v) is 4.85. The Morgan fingerprint density at radius 2 is 1.90 bits per heavy atom. The summed E-state index contributed by atoms with van der Waals surface area (Å²) in [5.41, 5.74) is 1.22. The lowest BCUT2D eigenvalue weighted by Gasteiger charge is -2.19. The minimum absolute atomic E-state index is 0.295. The predicted molar refractivity (Wildman–Crippen MR) is 86.0 cm³/mol. The van der Waals surface area contributed by atoms with Crippen LogP contribution in [0, 0.1) is 0 Å². The van der Waals surface area contributed by atoms with Gasteiger partial charge in [0.05, 0.1) is 0 Å². The Labute approximate surface area is 123 Å². The normalized spacial score (nSPS) is 14.3. The van der Waals surface area contributed by atoms with E-state index in [0.29, 0.717) is 12.1 Å². The van der Waals surface area contributed by atoms with Crippen LogP contribution in [0.1, 0.15) is 36.4 Å². The van der Waals surface area contributed by atoms with E-state index in [4.69, 9.17) is 0 Å². The highest BCUT2D eigenvalue weighted by molar-refractivity contribution is 7.19. The van der Waals surface area contributed by atoms with Crippen molar-refractivity contribution in [2.45, 2.75) is 25.9 Å². The average Bonchev–Trinajstić information content (AvgIpc) is 2.92. The number of hydrogen-bond acceptors (Lipinski definition) is 3. The van der Waals surface area contributed by atoms with Crippen LogP contribution in [-0.2, 0) is 0 Å². The standard InChI is InChI=1S/C17H18N2S/c1-12(15-7-5-9-18-11-15)19-13(2)17-10-14-6-3-4-8-16(14)20-17/h3-13,19H,1-2H3/t12-,13?/m0/s1. The molecule has 3 heteroatoms. The predicted octanol–water partition coefficient (Wildman–Crippen LogP) is 4.71. The first kappa shape index (κ1) is 13.3. The van der Waals surface area contributed by atoms with Crippen molar-refractivity contribution < 1.29 is 0 Å². The molecule has 0 radical (unpaired) electrons. The van der Waals surface area contributed by atoms with Crippen molar-refractivity contribution in [1.82, 2.24) is 10.3 Å². The maximum atomic E-state index is 4.18. The second kappa shape index (κ2) is 5.73. The number of aromatic nitrogens is 1. The zero-order chi connectivity index (χ0) is 13.9. The van der Waals surface area contributed by atoms with Crippen LogP contribution >= 0.6 is 11.3 Å². The maximum Gasteiger partial charge on any atom is 0.0391 e. The van der Waals surface area contributed by atoms with E-state index in [1.54, 1.807) is 0 Å². The van der Waals surface area contributed by atoms with Crippen LogP contribution in [0.4, 0.5) is 0 Å². The molecular formula is C17H18N2S. The van der Waals surface area contributed by atoms with Crippen molar-refractivity contribution in [3.63, 3.8) is 0 Å². The molecule has 0 bridgehead atoms. The fourth-order valence-corrected chi connectivity index (χ4v) is 3.48. The molecule has 3 aromatic rings. The maximum absolute atomic E-state index is 4.18. The molecule has 2 nitrogen and oxygen atoms in total. The monoisotopic (exact) mass is 282 g/mol. The van der Waals surface area contributed by atoms with Gasteiger partial charge < -0.3 is 5.32 Å². The second-order valence-corrected chi connectivity index (χ2v) is 6.20. The van der Waals surface area contributed by atoms with Gasteiger partial charge in [-0.05, 0) is 43.0 Å². The molecule has 20 heavy (non-hydrogen) atoms. The SMILES string of the molecule is CC(N[C@@H](C)c1cccnc1)c1cc2ccccc2s1. The summed E-state index contributed by atoms with van der Waals surface area (Å²) in [6, 6.07) is 15.6. The van der Waals surface area contributed by atoms with Crippen LogP contribution in [-0.4, -0.2) is 4.98 Å². The quantitative estimate of drug-likeness (QED) is 0.749. The van der Waals surface area contributed by atoms with E-state index < -0.39 is 0 Å². The number of nitrogens with zero attached hydrogens (tertiary/aromatic N) is 1. The van der Waals surface area contributed by atoms with E-state index in [1.165, 1.54) is 20.5 Å². The molecule has 0 spiro atoms. The summed E-state index contributed by atoms with van der Waals surface area (Å²) in [7, 11) is 0. The molecule has 102 valence electrons. The number of nitrogens with one attached hydrogen (secondary N) is 1. The molecule has 0 aliphatic rings. The zero-order valence-corrected chi connectivity index (χ0v) is 12.5. The number of pyridine rings is 1. The second-order valence-electron chi connectivity index (χ2n) is 5.08. The first-order valence-electron chi connectivity index (χ1n) is 6.88. The molecule has 1 unspecified atom stereocenters. The molecule has 1 N–H and O–H groups in total. The summed E-state index contributed by atoms with van der Waals surface area (Å²) in [5.74, 6) is 0. The third-order valence-electron chi connectivity index (χ3n) is 3.56. The summed E-state index contributed by atoms with van der Waals surface area (Å²) in [6.45, 7) is 4.40. The lowest BCUT2D eigenvalue weighted by Crippen LogP contribution is -2.21. The molecule has 3 rings (SSSR count). The van der Waals surface area contributed by atoms with E-state index in [2.05, 4.69) is 60.5 Å². The van der Waals surface area contributed by atoms with Gasteiger partial charge in [-0.15, -0.1) is 11.3 Å². The van der Waals surface area contributed by atoms with Gasteiger partial charge in [-0.25, -0.2) is 0 Å². The highest BCUT2D eigenvalue weighted by atomic mass is 32.1. The first-order chi connectivity index (χ1) is 9.74. The van der Waals surface area contributed by atoms with Crippen LogP contribution < -0.4 is 5.32 Å². The van der Waals surface area contributed by atoms with Crippen LogP contribution in [0.15, 0.2) is 54.9 Å². The van der Waals surface area contributed by atoms with Gasteiger partial charge in [-0.3, -0.25) is 4.98 Å². The van der Waals surface area contributed by atoms with E-state index in [1.807, 2.05) is 29.8 Å². The van der Waals surface area contributed by atoms with Gasteiger partial charge in [0.25, 0.3) is 0 Å². The van der Waals surface area contributed by atoms with Crippen molar-refractivity contribution in [2.24, 2.45) is 0 Å². The Balaban J connectivity index is 1.77. The average molecular weight is 282 g/mol. The van der Waals surface area contributed by atoms with E-state index in [9.17, 15) is 0 Å². The lowest BCUT2D eigenvalue weighted by atomic mass is 10.1. The summed E-state index contributed by atoms with van der Waals surface area (Å²) in [4.78, 5) is 5.56. The molecule has 0 saturated carbocycles. The van der Waals surface area contributed by atoms with E-state index >= 15 is 0 Å². The molecule has 0 saturated heterocycles. The van der Waals surface area contributed by atoms with Crippen molar-refractivity contribution >= 4 is 21.4 Å². The fraction of sp³-hybridized carbons (Fsp3) is 0.235. The molecule has 2 atom stereocenters. The smallest absolute Gasteiger partial charge is 0.0391 e. The van der Waals surface area contributed by atoms with Gasteiger partial charge in [0, 0.05) is 34.1 Å². The lowest BCUT2D eigenvalue weighted by molar-refractivity contribution is 0.499. The van der Waals surface area contributed by atoms with Crippen molar-refractivity contribution in [3.05, 3.63) is 65.3 Å². The van der Waals surface area contributed by atoms with Gasteiger partial charge in [0.1, 0.15) is 0 Å². The van der Waals surface area contributed by atoms with E-state index in [0.717, 1.165) is 0 Å². The molecular weight excluding hydrogens is 264 g/mol. The van der Waals surface area contributed by atoms with Crippen LogP contribution in [0.25, 0.3) is 10.1 Å². The van der Waals surface area contributed by atoms with Crippen molar-refractivity contribution in [2.75, 3.05) is 0 Å². The Kier molecular flexibility index (Phi) is 3.81. The van der Waals surface area contributed by atoms with Crippen molar-refractivity contribution in [3.8, 4) is 0 Å². The molecule has 0 amide bonds. The highest BCUT2D eigenvalue weighted by Gasteiger charge is 2.13. The minimum atomic E-state index is 0.295. The van der Waals surface area contributed by atoms with Gasteiger partial charge in [-0.1, -0.05) is 24.3 Å². The number of hydrogen-bond donors (Lipinski definition) is 1. The first-order valence-corrected chi connectivity index (χ1v) is 7.70. The molecule has 2 heterocycles. The molecule has 0 fully saturated rings. The molecule has 2 aromatic heterocycles. The van der Waals surface area contributed by atoms with E-state index in [-0.39, 0.29) is 0 Å². The minimum Gasteiger partial charge on any atom is -0.303 e. The van der Waals surface area contributed by atoms with Crippen LogP contribution in [0.5, 0.6) is 0 Å². The van der Waals surface area contributed by atoms with Crippen LogP contribution in [0.3, 0.4) is 0 Å². The molecule has 1 aromatic carbocycles. The zero-order valence-electron chi connectivity index (χ0n) is 11.7. The topological polar surface area (TPSA) is 24.9 Å². The number of fused-ring (bicyclic) bond motifs is 1. The fourth-order valence-electron chi connectivity index (χ4n) is 2.40. The largest absolute Gasteiger partial charge is 0.303 e. The summed E-state index contributed by atoms with van der Waals surface area (Å²) in [6.07, 6.45) is 3.74. The van der Waals surface area contributed by atoms with Crippen LogP contribution in [0.2, 0.25) is 0 Å². The number of rotatable bonds is 4. The molecule has 0 aliphatic heterocycles. The Morgan fingerprint density at radius 3 is 2.65 bits per heavy atom.